The molecule has 0 saturated carbocycles. The largest absolute Gasteiger partial charge is 0.393 e. The molecule has 0 N–H and O–H groups in total. The third-order valence-electron chi connectivity index (χ3n) is 4.58. The van der Waals surface area contributed by atoms with Crippen LogP contribution in [-0.4, -0.2) is 11.9 Å². The zero-order chi connectivity index (χ0) is 15.5. The molecule has 1 rings (SSSR count). The van der Waals surface area contributed by atoms with Crippen LogP contribution in [0.1, 0.15) is 90.9 Å². The highest BCUT2D eigenvalue weighted by molar-refractivity contribution is 5.94. The second-order valence-electron chi connectivity index (χ2n) is 6.42. The fourth-order valence-electron chi connectivity index (χ4n) is 3.24. The van der Waals surface area contributed by atoms with E-state index in [-0.39, 0.29) is 17.9 Å². The molecular formula is C18H32O3. The molecule has 0 aromatic rings. The number of hydrogen-bond donors (Lipinski definition) is 0. The highest BCUT2D eigenvalue weighted by Crippen LogP contribution is 2.32. The lowest BCUT2D eigenvalue weighted by Crippen LogP contribution is -2.19. The second-order valence-corrected chi connectivity index (χ2v) is 6.42. The van der Waals surface area contributed by atoms with Gasteiger partial charge in [0.15, 0.2) is 0 Å². The van der Waals surface area contributed by atoms with Crippen LogP contribution < -0.4 is 0 Å². The molecule has 1 heterocycles. The number of carbonyl (C=O) groups excluding carboxylic acids is 2. The smallest absolute Gasteiger partial charge is 0.317 e. The first-order chi connectivity index (χ1) is 10.2. The topological polar surface area (TPSA) is 43.4 Å². The molecule has 1 saturated heterocycles. The zero-order valence-corrected chi connectivity index (χ0v) is 13.9. The number of rotatable bonds is 12. The monoisotopic (exact) mass is 296 g/mol. The Morgan fingerprint density at radius 3 is 1.90 bits per heavy atom. The maximum Gasteiger partial charge on any atom is 0.317 e. The maximum atomic E-state index is 11.8. The Morgan fingerprint density at radius 1 is 0.905 bits per heavy atom. The lowest BCUT2D eigenvalue weighted by Gasteiger charge is -2.20. The number of cyclic esters (lactones) is 2. The lowest BCUT2D eigenvalue weighted by atomic mass is 9.82. The molecule has 2 unspecified atom stereocenters. The van der Waals surface area contributed by atoms with E-state index in [1.807, 2.05) is 0 Å². The molecule has 0 spiro atoms. The molecule has 122 valence electrons. The zero-order valence-electron chi connectivity index (χ0n) is 13.9. The van der Waals surface area contributed by atoms with Crippen molar-refractivity contribution < 1.29 is 14.3 Å². The minimum Gasteiger partial charge on any atom is -0.393 e. The third-order valence-corrected chi connectivity index (χ3v) is 4.58. The minimum absolute atomic E-state index is 0.162. The summed E-state index contributed by atoms with van der Waals surface area (Å²) in [6, 6.07) is 0. The molecule has 1 aliphatic rings. The van der Waals surface area contributed by atoms with Gasteiger partial charge in [-0.05, 0) is 18.8 Å². The van der Waals surface area contributed by atoms with Crippen molar-refractivity contribution in [1.29, 1.82) is 0 Å². The Hall–Kier alpha value is -0.860. The van der Waals surface area contributed by atoms with Crippen LogP contribution >= 0.6 is 0 Å². The summed E-state index contributed by atoms with van der Waals surface area (Å²) in [5, 5.41) is 0. The lowest BCUT2D eigenvalue weighted by molar-refractivity contribution is -0.153. The van der Waals surface area contributed by atoms with Crippen molar-refractivity contribution in [2.24, 2.45) is 11.8 Å². The molecule has 21 heavy (non-hydrogen) atoms. The molecule has 0 aliphatic carbocycles. The van der Waals surface area contributed by atoms with Crippen LogP contribution in [0.4, 0.5) is 0 Å². The Bertz CT molecular complexity index is 312. The van der Waals surface area contributed by atoms with Crippen LogP contribution in [0.25, 0.3) is 0 Å². The normalized spacial score (nSPS) is 19.8. The number of ether oxygens (including phenoxy) is 1. The van der Waals surface area contributed by atoms with E-state index in [0.29, 0.717) is 12.3 Å². The average Bonchev–Trinajstić information content (AvgIpc) is 2.80. The predicted molar refractivity (Wildman–Crippen MR) is 84.8 cm³/mol. The van der Waals surface area contributed by atoms with Crippen molar-refractivity contribution in [2.75, 3.05) is 0 Å². The maximum absolute atomic E-state index is 11.8. The molecule has 3 heteroatoms. The van der Waals surface area contributed by atoms with E-state index in [2.05, 4.69) is 13.8 Å². The summed E-state index contributed by atoms with van der Waals surface area (Å²) >= 11 is 0. The average molecular weight is 296 g/mol. The molecule has 0 amide bonds. The summed E-state index contributed by atoms with van der Waals surface area (Å²) < 4.78 is 4.75. The van der Waals surface area contributed by atoms with Crippen molar-refractivity contribution in [3.8, 4) is 0 Å². The van der Waals surface area contributed by atoms with E-state index >= 15 is 0 Å². The van der Waals surface area contributed by atoms with Gasteiger partial charge in [-0.15, -0.1) is 0 Å². The standard InChI is InChI=1S/C18H32O3/c1-3-5-7-9-11-13-15(12-10-8-6-4-2)16-14-17(19)21-18(16)20/h15-16H,3-14H2,1-2H3. The highest BCUT2D eigenvalue weighted by Gasteiger charge is 2.38. The van der Waals surface area contributed by atoms with Crippen LogP contribution in [0.2, 0.25) is 0 Å². The van der Waals surface area contributed by atoms with Gasteiger partial charge in [-0.3, -0.25) is 9.59 Å². The van der Waals surface area contributed by atoms with E-state index in [4.69, 9.17) is 4.74 Å². The van der Waals surface area contributed by atoms with Crippen LogP contribution in [0.15, 0.2) is 0 Å². The first-order valence-electron chi connectivity index (χ1n) is 8.93. The minimum atomic E-state index is -0.324. The van der Waals surface area contributed by atoms with E-state index in [1.165, 1.54) is 57.8 Å². The summed E-state index contributed by atoms with van der Waals surface area (Å²) in [5.41, 5.74) is 0. The molecule has 0 bridgehead atoms. The van der Waals surface area contributed by atoms with E-state index in [9.17, 15) is 9.59 Å². The van der Waals surface area contributed by atoms with Gasteiger partial charge in [-0.1, -0.05) is 71.6 Å². The van der Waals surface area contributed by atoms with Crippen molar-refractivity contribution in [2.45, 2.75) is 90.9 Å². The fraction of sp³-hybridized carbons (Fsp3) is 0.889. The molecule has 1 fully saturated rings. The van der Waals surface area contributed by atoms with Crippen molar-refractivity contribution in [3.63, 3.8) is 0 Å². The van der Waals surface area contributed by atoms with Gasteiger partial charge in [0.05, 0.1) is 12.3 Å². The molecule has 3 nitrogen and oxygen atoms in total. The summed E-state index contributed by atoms with van der Waals surface area (Å²) in [4.78, 5) is 23.1. The van der Waals surface area contributed by atoms with Crippen LogP contribution in [0, 0.1) is 11.8 Å². The Labute approximate surface area is 129 Å². The molecule has 1 aliphatic heterocycles. The van der Waals surface area contributed by atoms with Gasteiger partial charge in [-0.25, -0.2) is 0 Å². The van der Waals surface area contributed by atoms with Crippen molar-refractivity contribution in [3.05, 3.63) is 0 Å². The predicted octanol–water partition coefficient (Wildman–Crippen LogP) is 5.02. The quantitative estimate of drug-likeness (QED) is 0.288. The van der Waals surface area contributed by atoms with E-state index < -0.39 is 0 Å². The van der Waals surface area contributed by atoms with Crippen LogP contribution in [0.5, 0.6) is 0 Å². The second kappa shape index (κ2) is 10.8. The molecular weight excluding hydrogens is 264 g/mol. The Kier molecular flexibility index (Phi) is 9.36. The van der Waals surface area contributed by atoms with Gasteiger partial charge in [0.25, 0.3) is 0 Å². The summed E-state index contributed by atoms with van der Waals surface area (Å²) in [6.07, 6.45) is 13.6. The summed E-state index contributed by atoms with van der Waals surface area (Å²) in [7, 11) is 0. The van der Waals surface area contributed by atoms with Gasteiger partial charge >= 0.3 is 11.9 Å². The van der Waals surface area contributed by atoms with Gasteiger partial charge < -0.3 is 4.74 Å². The van der Waals surface area contributed by atoms with Crippen molar-refractivity contribution in [1.82, 2.24) is 0 Å². The molecule has 0 aromatic heterocycles. The SMILES string of the molecule is CCCCCCCC(CCCCCC)C1CC(=O)OC1=O. The molecule has 2 atom stereocenters. The third kappa shape index (κ3) is 7.10. The van der Waals surface area contributed by atoms with Gasteiger partial charge in [-0.2, -0.15) is 0 Å². The van der Waals surface area contributed by atoms with Gasteiger partial charge in [0, 0.05) is 0 Å². The summed E-state index contributed by atoms with van der Waals surface area (Å²) in [5.74, 6) is -0.406. The number of carbonyl (C=O) groups is 2. The highest BCUT2D eigenvalue weighted by atomic mass is 16.6. The number of hydrogen-bond acceptors (Lipinski definition) is 3. The van der Waals surface area contributed by atoms with Gasteiger partial charge in [0.1, 0.15) is 0 Å². The van der Waals surface area contributed by atoms with Gasteiger partial charge in [0.2, 0.25) is 0 Å². The van der Waals surface area contributed by atoms with Crippen molar-refractivity contribution >= 4 is 11.9 Å². The van der Waals surface area contributed by atoms with E-state index in [1.54, 1.807) is 0 Å². The van der Waals surface area contributed by atoms with E-state index in [0.717, 1.165) is 12.8 Å². The first-order valence-corrected chi connectivity index (χ1v) is 8.93. The molecule has 0 radical (unpaired) electrons. The number of esters is 2. The molecule has 0 aromatic carbocycles. The Morgan fingerprint density at radius 2 is 1.43 bits per heavy atom. The van der Waals surface area contributed by atoms with Crippen LogP contribution in [0.3, 0.4) is 0 Å². The Balaban J connectivity index is 2.37. The summed E-state index contributed by atoms with van der Waals surface area (Å²) in [6.45, 7) is 4.43. The number of unbranched alkanes of at least 4 members (excludes halogenated alkanes) is 7. The van der Waals surface area contributed by atoms with Crippen LogP contribution in [-0.2, 0) is 14.3 Å². The first kappa shape index (κ1) is 18.2. The fourth-order valence-corrected chi connectivity index (χ4v) is 3.24.